The highest BCUT2D eigenvalue weighted by molar-refractivity contribution is 5.69. The molecule has 0 amide bonds. The molecule has 3 heteroatoms. The average Bonchev–Trinajstić information content (AvgIpc) is 2.98. The summed E-state index contributed by atoms with van der Waals surface area (Å²) in [5.41, 5.74) is 0. The Hall–Kier alpha value is -0.990. The predicted molar refractivity (Wildman–Crippen MR) is 181 cm³/mol. The van der Waals surface area contributed by atoms with Gasteiger partial charge in [-0.2, -0.15) is 0 Å². The lowest BCUT2D eigenvalue weighted by atomic mass is 10.0. The van der Waals surface area contributed by atoms with Crippen molar-refractivity contribution < 1.29 is 14.3 Å². The van der Waals surface area contributed by atoms with E-state index in [1.54, 1.807) is 6.26 Å². The van der Waals surface area contributed by atoms with E-state index in [0.717, 1.165) is 19.3 Å². The first-order valence-electron chi connectivity index (χ1n) is 18.7. The fraction of sp³-hybridized carbons (Fsp3) is 0.921. The highest BCUT2D eigenvalue weighted by Crippen LogP contribution is 2.15. The van der Waals surface area contributed by atoms with Crippen LogP contribution in [-0.2, 0) is 14.3 Å². The molecule has 0 saturated carbocycles. The Morgan fingerprint density at radius 1 is 0.439 bits per heavy atom. The predicted octanol–water partition coefficient (Wildman–Crippen LogP) is 13.2. The third kappa shape index (κ3) is 37.0. The lowest BCUT2D eigenvalue weighted by Gasteiger charge is -2.05. The van der Waals surface area contributed by atoms with Crippen molar-refractivity contribution in [3.63, 3.8) is 0 Å². The zero-order chi connectivity index (χ0) is 29.7. The Kier molecular flexibility index (Phi) is 36.1. The summed E-state index contributed by atoms with van der Waals surface area (Å²) in [6.07, 6.45) is 45.2. The molecule has 0 atom stereocenters. The molecule has 41 heavy (non-hydrogen) atoms. The third-order valence-electron chi connectivity index (χ3n) is 8.37. The third-order valence-corrected chi connectivity index (χ3v) is 8.37. The van der Waals surface area contributed by atoms with Crippen LogP contribution in [0.15, 0.2) is 12.3 Å². The minimum atomic E-state index is -0.0744. The van der Waals surface area contributed by atoms with Crippen LogP contribution >= 0.6 is 0 Å². The van der Waals surface area contributed by atoms with Crippen molar-refractivity contribution in [3.8, 4) is 0 Å². The summed E-state index contributed by atoms with van der Waals surface area (Å²) < 4.78 is 10.8. The van der Waals surface area contributed by atoms with Gasteiger partial charge in [0.05, 0.1) is 6.26 Å². The van der Waals surface area contributed by atoms with Gasteiger partial charge in [0.15, 0.2) is 0 Å². The minimum Gasteiger partial charge on any atom is -0.498 e. The lowest BCUT2D eigenvalue weighted by Crippen LogP contribution is -2.09. The molecule has 0 N–H and O–H groups in total. The first-order valence-corrected chi connectivity index (χ1v) is 18.7. The number of unbranched alkanes of at least 4 members (excludes halogenated alkanes) is 28. The SMILES string of the molecule is CCCCCCCCCCCCCCCC/C=C/OCCOC(=O)CCCCCCCCCCCCCCCCC. The molecule has 244 valence electrons. The van der Waals surface area contributed by atoms with Gasteiger partial charge in [0.25, 0.3) is 0 Å². The van der Waals surface area contributed by atoms with E-state index < -0.39 is 0 Å². The van der Waals surface area contributed by atoms with Crippen molar-refractivity contribution in [2.24, 2.45) is 0 Å². The number of esters is 1. The van der Waals surface area contributed by atoms with Gasteiger partial charge in [0.1, 0.15) is 13.2 Å². The van der Waals surface area contributed by atoms with Gasteiger partial charge in [-0.15, -0.1) is 0 Å². The molecule has 0 saturated heterocycles. The van der Waals surface area contributed by atoms with Crippen molar-refractivity contribution in [1.29, 1.82) is 0 Å². The molecule has 3 nitrogen and oxygen atoms in total. The first-order chi connectivity index (χ1) is 20.3. The number of rotatable bonds is 35. The van der Waals surface area contributed by atoms with E-state index in [9.17, 15) is 4.79 Å². The molecule has 0 aliphatic rings. The molecule has 0 fully saturated rings. The van der Waals surface area contributed by atoms with E-state index in [-0.39, 0.29) is 5.97 Å². The number of ether oxygens (including phenoxy) is 2. The van der Waals surface area contributed by atoms with Crippen LogP contribution < -0.4 is 0 Å². The second-order valence-corrected chi connectivity index (χ2v) is 12.5. The van der Waals surface area contributed by atoms with Gasteiger partial charge in [-0.3, -0.25) is 4.79 Å². The quantitative estimate of drug-likeness (QED) is 0.0426. The van der Waals surface area contributed by atoms with Crippen molar-refractivity contribution in [3.05, 3.63) is 12.3 Å². The summed E-state index contributed by atoms with van der Waals surface area (Å²) in [7, 11) is 0. The van der Waals surface area contributed by atoms with Crippen molar-refractivity contribution in [2.45, 2.75) is 213 Å². The molecule has 0 aliphatic carbocycles. The topological polar surface area (TPSA) is 35.5 Å². The molecular formula is C38H74O3. The molecule has 0 aromatic heterocycles. The van der Waals surface area contributed by atoms with Crippen LogP contribution in [0.5, 0.6) is 0 Å². The van der Waals surface area contributed by atoms with Crippen molar-refractivity contribution in [1.82, 2.24) is 0 Å². The Morgan fingerprint density at radius 2 is 0.780 bits per heavy atom. The van der Waals surface area contributed by atoms with Crippen LogP contribution in [0.25, 0.3) is 0 Å². The number of hydrogen-bond donors (Lipinski definition) is 0. The second kappa shape index (κ2) is 37.0. The Morgan fingerprint density at radius 3 is 1.17 bits per heavy atom. The zero-order valence-corrected chi connectivity index (χ0v) is 28.2. The van der Waals surface area contributed by atoms with Crippen LogP contribution in [0.2, 0.25) is 0 Å². The Bertz CT molecular complexity index is 516. The fourth-order valence-electron chi connectivity index (χ4n) is 5.58. The van der Waals surface area contributed by atoms with Crippen LogP contribution in [0.4, 0.5) is 0 Å². The Labute approximate surface area is 258 Å². The molecule has 0 spiro atoms. The standard InChI is InChI=1S/C38H74O3/c1-3-5-7-9-11-13-15-17-19-21-23-25-27-29-31-33-35-40-36-37-41-38(39)34-32-30-28-26-24-22-20-18-16-14-12-10-8-6-4-2/h33,35H,3-32,34,36-37H2,1-2H3/b35-33+. The maximum atomic E-state index is 11.9. The van der Waals surface area contributed by atoms with Crippen molar-refractivity contribution in [2.75, 3.05) is 13.2 Å². The summed E-state index contributed by atoms with van der Waals surface area (Å²) >= 11 is 0. The molecule has 0 aliphatic heterocycles. The number of carbonyl (C=O) groups is 1. The second-order valence-electron chi connectivity index (χ2n) is 12.5. The lowest BCUT2D eigenvalue weighted by molar-refractivity contribution is -0.144. The highest BCUT2D eigenvalue weighted by atomic mass is 16.6. The largest absolute Gasteiger partial charge is 0.498 e. The maximum absolute atomic E-state index is 11.9. The van der Waals surface area contributed by atoms with Crippen LogP contribution in [0.1, 0.15) is 213 Å². The molecule has 0 unspecified atom stereocenters. The maximum Gasteiger partial charge on any atom is 0.305 e. The smallest absolute Gasteiger partial charge is 0.305 e. The highest BCUT2D eigenvalue weighted by Gasteiger charge is 2.02. The van der Waals surface area contributed by atoms with E-state index in [1.165, 1.54) is 173 Å². The summed E-state index contributed by atoms with van der Waals surface area (Å²) in [4.78, 5) is 11.9. The van der Waals surface area contributed by atoms with E-state index in [0.29, 0.717) is 19.6 Å². The van der Waals surface area contributed by atoms with E-state index in [1.807, 2.05) is 0 Å². The van der Waals surface area contributed by atoms with E-state index in [2.05, 4.69) is 19.9 Å². The Balaban J connectivity index is 3.20. The first kappa shape index (κ1) is 40.0. The summed E-state index contributed by atoms with van der Waals surface area (Å²) in [5.74, 6) is -0.0744. The number of carbonyl (C=O) groups excluding carboxylic acids is 1. The van der Waals surface area contributed by atoms with Crippen molar-refractivity contribution >= 4 is 5.97 Å². The summed E-state index contributed by atoms with van der Waals surface area (Å²) in [6.45, 7) is 5.39. The summed E-state index contributed by atoms with van der Waals surface area (Å²) in [5, 5.41) is 0. The molecule has 0 heterocycles. The van der Waals surface area contributed by atoms with Gasteiger partial charge >= 0.3 is 5.97 Å². The summed E-state index contributed by atoms with van der Waals surface area (Å²) in [6, 6.07) is 0. The molecule has 0 radical (unpaired) electrons. The van der Waals surface area contributed by atoms with Gasteiger partial charge in [0.2, 0.25) is 0 Å². The van der Waals surface area contributed by atoms with Gasteiger partial charge in [-0.25, -0.2) is 0 Å². The molecule has 0 aromatic rings. The zero-order valence-electron chi connectivity index (χ0n) is 28.2. The normalized spacial score (nSPS) is 11.5. The molecular weight excluding hydrogens is 504 g/mol. The van der Waals surface area contributed by atoms with Crippen LogP contribution in [0, 0.1) is 0 Å². The minimum absolute atomic E-state index is 0.0744. The van der Waals surface area contributed by atoms with Gasteiger partial charge in [0, 0.05) is 6.42 Å². The van der Waals surface area contributed by atoms with E-state index in [4.69, 9.17) is 9.47 Å². The fourth-order valence-corrected chi connectivity index (χ4v) is 5.58. The monoisotopic (exact) mass is 579 g/mol. The molecule has 0 aromatic carbocycles. The number of allylic oxidation sites excluding steroid dienone is 1. The van der Waals surface area contributed by atoms with Gasteiger partial charge in [-0.1, -0.05) is 187 Å². The molecule has 0 bridgehead atoms. The molecule has 0 rings (SSSR count). The number of hydrogen-bond acceptors (Lipinski definition) is 3. The van der Waals surface area contributed by atoms with Gasteiger partial charge in [-0.05, 0) is 25.3 Å². The average molecular weight is 579 g/mol. The van der Waals surface area contributed by atoms with Crippen LogP contribution in [0.3, 0.4) is 0 Å². The van der Waals surface area contributed by atoms with Gasteiger partial charge < -0.3 is 9.47 Å². The van der Waals surface area contributed by atoms with Crippen LogP contribution in [-0.4, -0.2) is 19.2 Å². The van der Waals surface area contributed by atoms with E-state index >= 15 is 0 Å².